The van der Waals surface area contributed by atoms with Gasteiger partial charge in [0.1, 0.15) is 12.4 Å². The van der Waals surface area contributed by atoms with Gasteiger partial charge in [-0.3, -0.25) is 4.90 Å². The summed E-state index contributed by atoms with van der Waals surface area (Å²) >= 11 is 0. The fraction of sp³-hybridized carbons (Fsp3) is 0.529. The third-order valence-electron chi connectivity index (χ3n) is 4.08. The molecule has 2 unspecified atom stereocenters. The van der Waals surface area contributed by atoms with Crippen LogP contribution >= 0.6 is 0 Å². The summed E-state index contributed by atoms with van der Waals surface area (Å²) < 4.78 is 13.3. The highest BCUT2D eigenvalue weighted by Crippen LogP contribution is 2.19. The van der Waals surface area contributed by atoms with E-state index in [1.54, 1.807) is 6.33 Å². The molecule has 7 nitrogen and oxygen atoms in total. The first kappa shape index (κ1) is 17.0. The number of hydrogen-bond donors (Lipinski definition) is 1. The minimum Gasteiger partial charge on any atom is -0.389 e. The highest BCUT2D eigenvalue weighted by molar-refractivity contribution is 5.13. The van der Waals surface area contributed by atoms with Crippen molar-refractivity contribution in [2.75, 3.05) is 32.8 Å². The second-order valence-corrected chi connectivity index (χ2v) is 6.07. The SMILES string of the molecule is Cn1cnnc1C1CN(CC(O)COCc2ccccc2)CCO1. The van der Waals surface area contributed by atoms with E-state index in [0.717, 1.165) is 17.9 Å². The summed E-state index contributed by atoms with van der Waals surface area (Å²) in [5.41, 5.74) is 1.11. The zero-order chi connectivity index (χ0) is 16.8. The maximum atomic E-state index is 10.2. The van der Waals surface area contributed by atoms with Crippen molar-refractivity contribution in [2.45, 2.75) is 18.8 Å². The van der Waals surface area contributed by atoms with Gasteiger partial charge in [0.05, 0.1) is 25.9 Å². The lowest BCUT2D eigenvalue weighted by Crippen LogP contribution is -2.43. The second-order valence-electron chi connectivity index (χ2n) is 6.07. The van der Waals surface area contributed by atoms with Crippen LogP contribution in [-0.4, -0.2) is 63.7 Å². The lowest BCUT2D eigenvalue weighted by Gasteiger charge is -2.33. The maximum absolute atomic E-state index is 10.2. The molecule has 3 rings (SSSR count). The third kappa shape index (κ3) is 4.61. The number of hydrogen-bond acceptors (Lipinski definition) is 6. The van der Waals surface area contributed by atoms with Crippen molar-refractivity contribution < 1.29 is 14.6 Å². The number of benzene rings is 1. The van der Waals surface area contributed by atoms with Gasteiger partial charge in [0.25, 0.3) is 0 Å². The molecule has 2 aromatic rings. The summed E-state index contributed by atoms with van der Waals surface area (Å²) in [6.45, 7) is 3.51. The molecule has 1 aromatic carbocycles. The van der Waals surface area contributed by atoms with Gasteiger partial charge in [0.2, 0.25) is 0 Å². The first-order chi connectivity index (χ1) is 11.7. The predicted octanol–water partition coefficient (Wildman–Crippen LogP) is 0.766. The average molecular weight is 332 g/mol. The number of morpholine rings is 1. The molecule has 130 valence electrons. The van der Waals surface area contributed by atoms with Crippen LogP contribution in [0.2, 0.25) is 0 Å². The highest BCUT2D eigenvalue weighted by Gasteiger charge is 2.26. The molecular formula is C17H24N4O3. The molecule has 1 aromatic heterocycles. The lowest BCUT2D eigenvalue weighted by molar-refractivity contribution is -0.0575. The van der Waals surface area contributed by atoms with E-state index >= 15 is 0 Å². The summed E-state index contributed by atoms with van der Waals surface area (Å²) in [6.07, 6.45) is 1.04. The maximum Gasteiger partial charge on any atom is 0.163 e. The van der Waals surface area contributed by atoms with Gasteiger partial charge in [-0.1, -0.05) is 30.3 Å². The molecule has 1 aliphatic rings. The first-order valence-electron chi connectivity index (χ1n) is 8.20. The number of aromatic nitrogens is 3. The van der Waals surface area contributed by atoms with Gasteiger partial charge in [0.15, 0.2) is 5.82 Å². The van der Waals surface area contributed by atoms with Gasteiger partial charge >= 0.3 is 0 Å². The fourth-order valence-electron chi connectivity index (χ4n) is 2.85. The third-order valence-corrected chi connectivity index (χ3v) is 4.08. The summed E-state index contributed by atoms with van der Waals surface area (Å²) in [6, 6.07) is 9.97. The van der Waals surface area contributed by atoms with Crippen molar-refractivity contribution in [3.05, 3.63) is 48.0 Å². The smallest absolute Gasteiger partial charge is 0.163 e. The van der Waals surface area contributed by atoms with Crippen LogP contribution in [0.5, 0.6) is 0 Å². The normalized spacial score (nSPS) is 20.2. The van der Waals surface area contributed by atoms with Crippen molar-refractivity contribution >= 4 is 0 Å². The van der Waals surface area contributed by atoms with Gasteiger partial charge in [-0.05, 0) is 5.56 Å². The highest BCUT2D eigenvalue weighted by atomic mass is 16.5. The molecule has 2 heterocycles. The number of rotatable bonds is 7. The van der Waals surface area contributed by atoms with Gasteiger partial charge in [-0.25, -0.2) is 0 Å². The van der Waals surface area contributed by atoms with Crippen LogP contribution in [0.15, 0.2) is 36.7 Å². The molecule has 1 fully saturated rings. The van der Waals surface area contributed by atoms with Crippen LogP contribution in [0.3, 0.4) is 0 Å². The number of nitrogens with zero attached hydrogens (tertiary/aromatic N) is 4. The van der Waals surface area contributed by atoms with Gasteiger partial charge in [-0.2, -0.15) is 0 Å². The van der Waals surface area contributed by atoms with Crippen LogP contribution in [0.1, 0.15) is 17.5 Å². The molecule has 7 heteroatoms. The summed E-state index contributed by atoms with van der Waals surface area (Å²) in [5, 5.41) is 18.2. The Hall–Kier alpha value is -1.80. The molecule has 0 spiro atoms. The zero-order valence-corrected chi connectivity index (χ0v) is 13.9. The molecule has 1 N–H and O–H groups in total. The van der Waals surface area contributed by atoms with E-state index in [0.29, 0.717) is 32.9 Å². The van der Waals surface area contributed by atoms with Crippen LogP contribution < -0.4 is 0 Å². The van der Waals surface area contributed by atoms with Crippen LogP contribution in [0.4, 0.5) is 0 Å². The lowest BCUT2D eigenvalue weighted by atomic mass is 10.2. The van der Waals surface area contributed by atoms with E-state index in [1.165, 1.54) is 0 Å². The van der Waals surface area contributed by atoms with E-state index in [1.807, 2.05) is 41.9 Å². The molecule has 1 aliphatic heterocycles. The van der Waals surface area contributed by atoms with E-state index < -0.39 is 6.10 Å². The predicted molar refractivity (Wildman–Crippen MR) is 88.2 cm³/mol. The van der Waals surface area contributed by atoms with Crippen LogP contribution in [-0.2, 0) is 23.1 Å². The second kappa shape index (κ2) is 8.34. The Labute approximate surface area is 141 Å². The summed E-state index contributed by atoms with van der Waals surface area (Å²) in [4.78, 5) is 2.18. The van der Waals surface area contributed by atoms with Crippen LogP contribution in [0.25, 0.3) is 0 Å². The molecule has 2 atom stereocenters. The number of aliphatic hydroxyl groups is 1. The Morgan fingerprint density at radius 1 is 1.38 bits per heavy atom. The largest absolute Gasteiger partial charge is 0.389 e. The fourth-order valence-corrected chi connectivity index (χ4v) is 2.85. The van der Waals surface area contributed by atoms with Crippen LogP contribution in [0, 0.1) is 0 Å². The van der Waals surface area contributed by atoms with Crippen molar-refractivity contribution in [2.24, 2.45) is 7.05 Å². The Bertz CT molecular complexity index is 619. The molecule has 24 heavy (non-hydrogen) atoms. The van der Waals surface area contributed by atoms with Crippen molar-refractivity contribution in [1.82, 2.24) is 19.7 Å². The zero-order valence-electron chi connectivity index (χ0n) is 13.9. The van der Waals surface area contributed by atoms with E-state index in [4.69, 9.17) is 9.47 Å². The van der Waals surface area contributed by atoms with Gasteiger partial charge in [0, 0.05) is 26.7 Å². The van der Waals surface area contributed by atoms with Crippen molar-refractivity contribution in [1.29, 1.82) is 0 Å². The average Bonchev–Trinajstić information content (AvgIpc) is 3.02. The van der Waals surface area contributed by atoms with E-state index in [2.05, 4.69) is 15.1 Å². The van der Waals surface area contributed by atoms with Gasteiger partial charge in [-0.15, -0.1) is 10.2 Å². The Morgan fingerprint density at radius 3 is 2.96 bits per heavy atom. The molecular weight excluding hydrogens is 308 g/mol. The minimum atomic E-state index is -0.521. The Morgan fingerprint density at radius 2 is 2.21 bits per heavy atom. The summed E-state index contributed by atoms with van der Waals surface area (Å²) in [7, 11) is 1.91. The van der Waals surface area contributed by atoms with Gasteiger partial charge < -0.3 is 19.1 Å². The molecule has 0 radical (unpaired) electrons. The number of β-amino-alcohol motifs (C(OH)–C–C–N with tert-alkyl or cyclic N) is 1. The van der Waals surface area contributed by atoms with E-state index in [9.17, 15) is 5.11 Å². The Kier molecular flexibility index (Phi) is 5.92. The quantitative estimate of drug-likeness (QED) is 0.807. The molecule has 0 saturated carbocycles. The standard InChI is InChI=1S/C17H24N4O3/c1-20-13-18-19-17(20)16-10-21(7-8-24-16)9-15(22)12-23-11-14-5-3-2-4-6-14/h2-6,13,15-16,22H,7-12H2,1H3. The first-order valence-corrected chi connectivity index (χ1v) is 8.20. The van der Waals surface area contributed by atoms with Crippen molar-refractivity contribution in [3.63, 3.8) is 0 Å². The molecule has 0 aliphatic carbocycles. The molecule has 0 bridgehead atoms. The van der Waals surface area contributed by atoms with Crippen molar-refractivity contribution in [3.8, 4) is 0 Å². The summed E-state index contributed by atoms with van der Waals surface area (Å²) in [5.74, 6) is 0.814. The number of aryl methyl sites for hydroxylation is 1. The number of ether oxygens (including phenoxy) is 2. The van der Waals surface area contributed by atoms with E-state index in [-0.39, 0.29) is 6.10 Å². The molecule has 0 amide bonds. The number of aliphatic hydroxyl groups excluding tert-OH is 1. The Balaban J connectivity index is 1.42. The monoisotopic (exact) mass is 332 g/mol. The minimum absolute atomic E-state index is 0.108. The topological polar surface area (TPSA) is 72.6 Å². The molecule has 1 saturated heterocycles.